The lowest BCUT2D eigenvalue weighted by molar-refractivity contribution is 0.0688. The molecule has 2 N–H and O–H groups in total. The molecule has 0 fully saturated rings. The summed E-state index contributed by atoms with van der Waals surface area (Å²) in [4.78, 5) is 22.8. The highest BCUT2D eigenvalue weighted by atomic mass is 16.4. The van der Waals surface area contributed by atoms with Gasteiger partial charge in [-0.05, 0) is 13.0 Å². The van der Waals surface area contributed by atoms with E-state index in [9.17, 15) is 9.59 Å². The van der Waals surface area contributed by atoms with Crippen LogP contribution in [-0.4, -0.2) is 43.5 Å². The SMILES string of the molecule is C[C@@H]1CN(C(=O)O)Cc2cc(C(=O)O)nn21. The van der Waals surface area contributed by atoms with Crippen LogP contribution < -0.4 is 0 Å². The minimum atomic E-state index is -1.10. The third-order valence-electron chi connectivity index (χ3n) is 2.56. The molecule has 0 saturated heterocycles. The van der Waals surface area contributed by atoms with Crippen LogP contribution in [-0.2, 0) is 6.54 Å². The molecule has 1 aliphatic rings. The van der Waals surface area contributed by atoms with E-state index in [1.54, 1.807) is 11.6 Å². The first-order valence-electron chi connectivity index (χ1n) is 4.78. The monoisotopic (exact) mass is 225 g/mol. The number of carboxylic acids is 1. The second kappa shape index (κ2) is 3.51. The van der Waals surface area contributed by atoms with Crippen LogP contribution in [0.3, 0.4) is 0 Å². The van der Waals surface area contributed by atoms with Crippen LogP contribution in [0.15, 0.2) is 6.07 Å². The molecule has 86 valence electrons. The fourth-order valence-electron chi connectivity index (χ4n) is 1.84. The largest absolute Gasteiger partial charge is 0.476 e. The summed E-state index contributed by atoms with van der Waals surface area (Å²) in [6.07, 6.45) is -1.00. The van der Waals surface area contributed by atoms with Crippen molar-refractivity contribution in [2.75, 3.05) is 6.54 Å². The van der Waals surface area contributed by atoms with Gasteiger partial charge in [-0.1, -0.05) is 0 Å². The van der Waals surface area contributed by atoms with E-state index in [1.165, 1.54) is 11.0 Å². The Labute approximate surface area is 90.9 Å². The smallest absolute Gasteiger partial charge is 0.407 e. The molecule has 1 aliphatic heterocycles. The zero-order valence-corrected chi connectivity index (χ0v) is 8.62. The minimum Gasteiger partial charge on any atom is -0.476 e. The molecule has 0 aliphatic carbocycles. The van der Waals surface area contributed by atoms with Crippen molar-refractivity contribution in [2.24, 2.45) is 0 Å². The van der Waals surface area contributed by atoms with Crippen molar-refractivity contribution in [1.82, 2.24) is 14.7 Å². The Hall–Kier alpha value is -2.05. The molecule has 2 rings (SSSR count). The van der Waals surface area contributed by atoms with E-state index < -0.39 is 12.1 Å². The molecule has 7 nitrogen and oxygen atoms in total. The van der Waals surface area contributed by atoms with Gasteiger partial charge < -0.3 is 15.1 Å². The van der Waals surface area contributed by atoms with Crippen molar-refractivity contribution in [2.45, 2.75) is 19.5 Å². The summed E-state index contributed by atoms with van der Waals surface area (Å²) < 4.78 is 1.57. The zero-order chi connectivity index (χ0) is 11.9. The number of aromatic carboxylic acids is 1. The molecule has 0 bridgehead atoms. The Morgan fingerprint density at radius 1 is 1.50 bits per heavy atom. The van der Waals surface area contributed by atoms with E-state index in [2.05, 4.69) is 5.10 Å². The number of carboxylic acid groups (broad SMARTS) is 2. The van der Waals surface area contributed by atoms with E-state index in [0.29, 0.717) is 12.2 Å². The summed E-state index contributed by atoms with van der Waals surface area (Å²) in [5.41, 5.74) is 0.563. The maximum Gasteiger partial charge on any atom is 0.407 e. The second-order valence-electron chi connectivity index (χ2n) is 3.78. The van der Waals surface area contributed by atoms with Crippen molar-refractivity contribution >= 4 is 12.1 Å². The predicted molar refractivity (Wildman–Crippen MR) is 52.3 cm³/mol. The predicted octanol–water partition coefficient (Wildman–Crippen LogP) is 0.636. The van der Waals surface area contributed by atoms with Crippen LogP contribution in [0, 0.1) is 0 Å². The Bertz CT molecular complexity index is 454. The van der Waals surface area contributed by atoms with Gasteiger partial charge in [-0.3, -0.25) is 4.68 Å². The molecule has 0 unspecified atom stereocenters. The highest BCUT2D eigenvalue weighted by molar-refractivity contribution is 5.85. The van der Waals surface area contributed by atoms with Gasteiger partial charge in [0.1, 0.15) is 0 Å². The molecular weight excluding hydrogens is 214 g/mol. The molecule has 0 radical (unpaired) electrons. The van der Waals surface area contributed by atoms with E-state index in [0.717, 1.165) is 0 Å². The van der Waals surface area contributed by atoms with Gasteiger partial charge in [0.25, 0.3) is 0 Å². The fraction of sp³-hybridized carbons (Fsp3) is 0.444. The van der Waals surface area contributed by atoms with E-state index in [4.69, 9.17) is 10.2 Å². The van der Waals surface area contributed by atoms with Gasteiger partial charge in [0.15, 0.2) is 5.69 Å². The number of hydrogen-bond donors (Lipinski definition) is 2. The molecule has 1 aromatic rings. The Balaban J connectivity index is 2.35. The summed E-state index contributed by atoms with van der Waals surface area (Å²) in [6, 6.07) is 1.27. The van der Waals surface area contributed by atoms with Crippen molar-refractivity contribution in [3.63, 3.8) is 0 Å². The Morgan fingerprint density at radius 2 is 2.19 bits per heavy atom. The number of aromatic nitrogens is 2. The lowest BCUT2D eigenvalue weighted by atomic mass is 10.2. The van der Waals surface area contributed by atoms with Crippen molar-refractivity contribution in [1.29, 1.82) is 0 Å². The number of rotatable bonds is 1. The number of fused-ring (bicyclic) bond motifs is 1. The topological polar surface area (TPSA) is 95.7 Å². The van der Waals surface area contributed by atoms with Crippen LogP contribution in [0.25, 0.3) is 0 Å². The highest BCUT2D eigenvalue weighted by Crippen LogP contribution is 2.21. The summed E-state index contributed by atoms with van der Waals surface area (Å²) in [7, 11) is 0. The van der Waals surface area contributed by atoms with E-state index in [1.807, 2.05) is 0 Å². The van der Waals surface area contributed by atoms with Gasteiger partial charge in [-0.15, -0.1) is 0 Å². The van der Waals surface area contributed by atoms with Gasteiger partial charge in [0.05, 0.1) is 18.3 Å². The summed E-state index contributed by atoms with van der Waals surface area (Å²) in [6.45, 7) is 2.31. The maximum atomic E-state index is 10.8. The van der Waals surface area contributed by atoms with Gasteiger partial charge in [0.2, 0.25) is 0 Å². The molecule has 16 heavy (non-hydrogen) atoms. The lowest BCUT2D eigenvalue weighted by Gasteiger charge is -2.29. The first kappa shape index (κ1) is 10.5. The van der Waals surface area contributed by atoms with Gasteiger partial charge in [-0.2, -0.15) is 5.10 Å². The molecule has 1 atom stereocenters. The van der Waals surface area contributed by atoms with E-state index >= 15 is 0 Å². The van der Waals surface area contributed by atoms with Crippen molar-refractivity contribution in [3.8, 4) is 0 Å². The third-order valence-corrected chi connectivity index (χ3v) is 2.56. The molecule has 0 saturated carbocycles. The normalized spacial score (nSPS) is 19.3. The third kappa shape index (κ3) is 1.60. The number of amides is 1. The number of hydrogen-bond acceptors (Lipinski definition) is 3. The average Bonchev–Trinajstić information content (AvgIpc) is 2.61. The van der Waals surface area contributed by atoms with Gasteiger partial charge in [-0.25, -0.2) is 9.59 Å². The standard InChI is InChI=1S/C9H11N3O4/c1-5-3-11(9(15)16)4-6-2-7(8(13)14)10-12(5)6/h2,5H,3-4H2,1H3,(H,13,14)(H,15,16)/t5-/m1/s1. The van der Waals surface area contributed by atoms with Crippen LogP contribution >= 0.6 is 0 Å². The Kier molecular flexibility index (Phi) is 2.30. The highest BCUT2D eigenvalue weighted by Gasteiger charge is 2.27. The first-order chi connectivity index (χ1) is 7.49. The molecule has 7 heteroatoms. The minimum absolute atomic E-state index is 0.0471. The zero-order valence-electron chi connectivity index (χ0n) is 8.62. The van der Waals surface area contributed by atoms with Gasteiger partial charge >= 0.3 is 12.1 Å². The van der Waals surface area contributed by atoms with Gasteiger partial charge in [0, 0.05) is 6.54 Å². The van der Waals surface area contributed by atoms with E-state index in [-0.39, 0.29) is 18.3 Å². The molecule has 2 heterocycles. The quantitative estimate of drug-likeness (QED) is 0.731. The second-order valence-corrected chi connectivity index (χ2v) is 3.78. The fourth-order valence-corrected chi connectivity index (χ4v) is 1.84. The van der Waals surface area contributed by atoms with Crippen LogP contribution in [0.5, 0.6) is 0 Å². The lowest BCUT2D eigenvalue weighted by Crippen LogP contribution is -2.39. The van der Waals surface area contributed by atoms with Crippen molar-refractivity contribution in [3.05, 3.63) is 17.5 Å². The molecule has 0 spiro atoms. The van der Waals surface area contributed by atoms with Crippen LogP contribution in [0.2, 0.25) is 0 Å². The molecule has 1 amide bonds. The molecular formula is C9H11N3O4. The number of nitrogens with zero attached hydrogens (tertiary/aromatic N) is 3. The summed E-state index contributed by atoms with van der Waals surface area (Å²) >= 11 is 0. The number of carbonyl (C=O) groups is 2. The average molecular weight is 225 g/mol. The Morgan fingerprint density at radius 3 is 2.75 bits per heavy atom. The summed E-state index contributed by atoms with van der Waals surface area (Å²) in [5.74, 6) is -1.10. The first-order valence-corrected chi connectivity index (χ1v) is 4.78. The molecule has 1 aromatic heterocycles. The molecule has 0 aromatic carbocycles. The van der Waals surface area contributed by atoms with Crippen molar-refractivity contribution < 1.29 is 19.8 Å². The summed E-state index contributed by atoms with van der Waals surface area (Å²) in [5, 5.41) is 21.6. The van der Waals surface area contributed by atoms with Crippen LogP contribution in [0.4, 0.5) is 4.79 Å². The maximum absolute atomic E-state index is 10.8. The van der Waals surface area contributed by atoms with Crippen LogP contribution in [0.1, 0.15) is 29.1 Å².